The van der Waals surface area contributed by atoms with Gasteiger partial charge in [0.05, 0.1) is 26.4 Å². The van der Waals surface area contributed by atoms with E-state index in [1.165, 1.54) is 141 Å². The number of aliphatic hydroxyl groups is 2. The van der Waals surface area contributed by atoms with E-state index in [-0.39, 0.29) is 25.2 Å². The molecule has 2 N–H and O–H groups in total. The van der Waals surface area contributed by atoms with Crippen LogP contribution in [0.3, 0.4) is 0 Å². The Morgan fingerprint density at radius 1 is 0.364 bits per heavy atom. The molecule has 0 radical (unpaired) electrons. The molecule has 0 atom stereocenters. The monoisotopic (exact) mass is 629 g/mol. The number of carbonyl (C=O) groups excluding carboxylic acids is 2. The fourth-order valence-corrected chi connectivity index (χ4v) is 5.29. The van der Waals surface area contributed by atoms with Gasteiger partial charge in [-0.1, -0.05) is 168 Å². The number of hydrogen-bond donors (Lipinski definition) is 2. The van der Waals surface area contributed by atoms with Crippen molar-refractivity contribution in [1.82, 2.24) is 0 Å². The molecule has 0 bridgehead atoms. The van der Waals surface area contributed by atoms with Gasteiger partial charge in [0.25, 0.3) is 0 Å². The molecular weight excluding hydrogens is 552 g/mol. The molecule has 0 aliphatic carbocycles. The predicted molar refractivity (Wildman–Crippen MR) is 186 cm³/mol. The minimum absolute atomic E-state index is 0.0810. The lowest BCUT2D eigenvalue weighted by Gasteiger charge is -2.07. The van der Waals surface area contributed by atoms with Crippen LogP contribution in [0.15, 0.2) is 0 Å². The Labute approximate surface area is 273 Å². The van der Waals surface area contributed by atoms with E-state index in [0.717, 1.165) is 38.5 Å². The van der Waals surface area contributed by atoms with Gasteiger partial charge in [0, 0.05) is 12.8 Å². The molecule has 264 valence electrons. The van der Waals surface area contributed by atoms with Gasteiger partial charge in [-0.3, -0.25) is 9.59 Å². The second kappa shape index (κ2) is 41.9. The molecule has 0 aromatic carbocycles. The van der Waals surface area contributed by atoms with Gasteiger partial charge in [-0.15, -0.1) is 0 Å². The number of rotatable bonds is 34. The van der Waals surface area contributed by atoms with E-state index >= 15 is 0 Å². The fourth-order valence-electron chi connectivity index (χ4n) is 5.29. The molecule has 0 heterocycles. The van der Waals surface area contributed by atoms with Gasteiger partial charge in [0.15, 0.2) is 0 Å². The molecule has 44 heavy (non-hydrogen) atoms. The molecule has 0 rings (SSSR count). The van der Waals surface area contributed by atoms with Crippen LogP contribution >= 0.6 is 0 Å². The lowest BCUT2D eigenvalue weighted by atomic mass is 10.0. The van der Waals surface area contributed by atoms with Crippen LogP contribution in [-0.4, -0.2) is 48.6 Å². The van der Waals surface area contributed by atoms with Crippen LogP contribution < -0.4 is 0 Å². The molecule has 0 aliphatic heterocycles. The van der Waals surface area contributed by atoms with E-state index < -0.39 is 0 Å². The van der Waals surface area contributed by atoms with E-state index in [1.54, 1.807) is 0 Å². The summed E-state index contributed by atoms with van der Waals surface area (Å²) < 4.78 is 10.7. The highest BCUT2D eigenvalue weighted by molar-refractivity contribution is 5.69. The van der Waals surface area contributed by atoms with E-state index in [1.807, 2.05) is 0 Å². The lowest BCUT2D eigenvalue weighted by molar-refractivity contribution is -0.146. The SMILES string of the molecule is CCCCCCCCCCCCCCCC(=O)OCCCCOC(=O)CCCCCCCCCCCCCCC.OCCO. The van der Waals surface area contributed by atoms with Crippen LogP contribution in [0.5, 0.6) is 0 Å². The molecule has 6 nitrogen and oxygen atoms in total. The van der Waals surface area contributed by atoms with Crippen LogP contribution in [0.1, 0.15) is 206 Å². The highest BCUT2D eigenvalue weighted by Crippen LogP contribution is 2.14. The Bertz CT molecular complexity index is 505. The highest BCUT2D eigenvalue weighted by atomic mass is 16.5. The molecule has 0 saturated carbocycles. The normalized spacial score (nSPS) is 10.8. The quantitative estimate of drug-likeness (QED) is 0.0544. The Hall–Kier alpha value is -1.14. The summed E-state index contributed by atoms with van der Waals surface area (Å²) in [7, 11) is 0. The van der Waals surface area contributed by atoms with E-state index in [0.29, 0.717) is 26.1 Å². The molecule has 0 aromatic heterocycles. The zero-order chi connectivity index (χ0) is 32.6. The smallest absolute Gasteiger partial charge is 0.305 e. The third kappa shape index (κ3) is 43.0. The summed E-state index contributed by atoms with van der Waals surface area (Å²) in [6.07, 6.45) is 36.7. The predicted octanol–water partition coefficient (Wildman–Crippen LogP) is 10.8. The van der Waals surface area contributed by atoms with Crippen molar-refractivity contribution in [3.05, 3.63) is 0 Å². The minimum atomic E-state index is -0.125. The van der Waals surface area contributed by atoms with Gasteiger partial charge in [-0.2, -0.15) is 0 Å². The zero-order valence-electron chi connectivity index (χ0n) is 29.6. The van der Waals surface area contributed by atoms with Crippen LogP contribution in [0.2, 0.25) is 0 Å². The molecule has 0 aromatic rings. The zero-order valence-corrected chi connectivity index (χ0v) is 29.6. The fraction of sp³-hybridized carbons (Fsp3) is 0.947. The summed E-state index contributed by atoms with van der Waals surface area (Å²) in [5.74, 6) is -0.162. The summed E-state index contributed by atoms with van der Waals surface area (Å²) in [5, 5.41) is 15.2. The summed E-state index contributed by atoms with van der Waals surface area (Å²) >= 11 is 0. The van der Waals surface area contributed by atoms with Crippen LogP contribution in [0, 0.1) is 0 Å². The maximum atomic E-state index is 11.9. The first-order valence-electron chi connectivity index (χ1n) is 19.1. The van der Waals surface area contributed by atoms with Crippen molar-refractivity contribution in [3.63, 3.8) is 0 Å². The van der Waals surface area contributed by atoms with E-state index in [4.69, 9.17) is 19.7 Å². The first-order valence-corrected chi connectivity index (χ1v) is 19.1. The van der Waals surface area contributed by atoms with Crippen molar-refractivity contribution < 1.29 is 29.3 Å². The molecule has 0 fully saturated rings. The number of aliphatic hydroxyl groups excluding tert-OH is 2. The van der Waals surface area contributed by atoms with Gasteiger partial charge in [0.1, 0.15) is 0 Å². The van der Waals surface area contributed by atoms with Gasteiger partial charge < -0.3 is 19.7 Å². The largest absolute Gasteiger partial charge is 0.466 e. The Balaban J connectivity index is 0. The summed E-state index contributed by atoms with van der Waals surface area (Å²) in [6.45, 7) is 5.17. The van der Waals surface area contributed by atoms with Crippen molar-refractivity contribution in [3.8, 4) is 0 Å². The molecule has 0 saturated heterocycles. The number of ether oxygens (including phenoxy) is 2. The summed E-state index contributed by atoms with van der Waals surface area (Å²) in [4.78, 5) is 23.8. The Kier molecular flexibility index (Phi) is 42.8. The average molecular weight is 629 g/mol. The average Bonchev–Trinajstić information content (AvgIpc) is 3.03. The minimum Gasteiger partial charge on any atom is -0.466 e. The van der Waals surface area contributed by atoms with Crippen LogP contribution in [-0.2, 0) is 19.1 Å². The van der Waals surface area contributed by atoms with Crippen molar-refractivity contribution >= 4 is 11.9 Å². The van der Waals surface area contributed by atoms with E-state index in [9.17, 15) is 9.59 Å². The maximum absolute atomic E-state index is 11.9. The third-order valence-corrected chi connectivity index (χ3v) is 8.13. The summed E-state index contributed by atoms with van der Waals surface area (Å²) in [5.41, 5.74) is 0. The summed E-state index contributed by atoms with van der Waals surface area (Å²) in [6, 6.07) is 0. The van der Waals surface area contributed by atoms with Crippen molar-refractivity contribution in [2.24, 2.45) is 0 Å². The van der Waals surface area contributed by atoms with Crippen molar-refractivity contribution in [1.29, 1.82) is 0 Å². The van der Waals surface area contributed by atoms with Gasteiger partial charge in [-0.05, 0) is 25.7 Å². The Morgan fingerprint density at radius 3 is 0.818 bits per heavy atom. The number of hydrogen-bond acceptors (Lipinski definition) is 6. The van der Waals surface area contributed by atoms with Gasteiger partial charge >= 0.3 is 11.9 Å². The van der Waals surface area contributed by atoms with Crippen LogP contribution in [0.25, 0.3) is 0 Å². The number of unbranched alkanes of at least 4 members (excludes halogenated alkanes) is 25. The second-order valence-electron chi connectivity index (χ2n) is 12.6. The first kappa shape index (κ1) is 45.0. The number of carbonyl (C=O) groups is 2. The molecular formula is C38H76O6. The Morgan fingerprint density at radius 2 is 0.591 bits per heavy atom. The lowest BCUT2D eigenvalue weighted by Crippen LogP contribution is -2.08. The topological polar surface area (TPSA) is 93.1 Å². The van der Waals surface area contributed by atoms with Crippen molar-refractivity contribution in [2.75, 3.05) is 26.4 Å². The third-order valence-electron chi connectivity index (χ3n) is 8.13. The number of esters is 2. The second-order valence-corrected chi connectivity index (χ2v) is 12.6. The van der Waals surface area contributed by atoms with E-state index in [2.05, 4.69) is 13.8 Å². The molecule has 6 heteroatoms. The molecule has 0 unspecified atom stereocenters. The first-order chi connectivity index (χ1) is 21.6. The molecule has 0 amide bonds. The molecule has 0 spiro atoms. The van der Waals surface area contributed by atoms with Gasteiger partial charge in [0.2, 0.25) is 0 Å². The van der Waals surface area contributed by atoms with Crippen LogP contribution in [0.4, 0.5) is 0 Å². The highest BCUT2D eigenvalue weighted by Gasteiger charge is 2.05. The van der Waals surface area contributed by atoms with Crippen molar-refractivity contribution in [2.45, 2.75) is 206 Å². The maximum Gasteiger partial charge on any atom is 0.305 e. The van der Waals surface area contributed by atoms with Gasteiger partial charge in [-0.25, -0.2) is 0 Å². The molecule has 0 aliphatic rings. The standard InChI is InChI=1S/C36H70O4.C2H6O2/c1-3-5-7-9-11-13-15-17-19-21-23-25-27-31-35(37)39-33-29-30-34-40-36(38)32-28-26-24-22-20-18-16-14-12-10-8-6-4-2;3-1-2-4/h3-34H2,1-2H3;3-4H,1-2H2.